The number of aromatic amines is 1. The van der Waals surface area contributed by atoms with Gasteiger partial charge in [-0.1, -0.05) is 29.8 Å². The van der Waals surface area contributed by atoms with Gasteiger partial charge in [-0.25, -0.2) is 4.68 Å². The van der Waals surface area contributed by atoms with Crippen LogP contribution in [0.25, 0.3) is 16.6 Å². The van der Waals surface area contributed by atoms with Gasteiger partial charge in [0.2, 0.25) is 0 Å². The molecule has 3 aromatic heterocycles. The maximum absolute atomic E-state index is 13.2. The van der Waals surface area contributed by atoms with Gasteiger partial charge < -0.3 is 4.57 Å². The van der Waals surface area contributed by atoms with E-state index in [4.69, 9.17) is 11.6 Å². The summed E-state index contributed by atoms with van der Waals surface area (Å²) in [5.74, 6) is 0. The summed E-state index contributed by atoms with van der Waals surface area (Å²) in [5, 5.41) is 3.95. The first-order valence-corrected chi connectivity index (χ1v) is 9.50. The van der Waals surface area contributed by atoms with Gasteiger partial charge in [-0.3, -0.25) is 24.6 Å². The predicted molar refractivity (Wildman–Crippen MR) is 114 cm³/mol. The van der Waals surface area contributed by atoms with E-state index in [1.165, 1.54) is 15.3 Å². The predicted octanol–water partition coefficient (Wildman–Crippen LogP) is 2.70. The van der Waals surface area contributed by atoms with Crippen molar-refractivity contribution < 1.29 is 0 Å². The molecule has 3 heterocycles. The molecule has 0 aliphatic rings. The van der Waals surface area contributed by atoms with Crippen LogP contribution in [0.15, 0.2) is 64.3 Å². The highest BCUT2D eigenvalue weighted by Crippen LogP contribution is 2.20. The Balaban J connectivity index is 1.81. The first kappa shape index (κ1) is 19.2. The smallest absolute Gasteiger partial charge is 0.280 e. The Labute approximate surface area is 171 Å². The Hall–Kier alpha value is -3.16. The highest BCUT2D eigenvalue weighted by atomic mass is 35.5. The molecule has 0 spiro atoms. The van der Waals surface area contributed by atoms with Crippen molar-refractivity contribution >= 4 is 22.5 Å². The second-order valence-electron chi connectivity index (χ2n) is 6.97. The summed E-state index contributed by atoms with van der Waals surface area (Å²) in [7, 11) is 3.61. The summed E-state index contributed by atoms with van der Waals surface area (Å²) in [4.78, 5) is 32.1. The van der Waals surface area contributed by atoms with E-state index in [1.807, 2.05) is 30.1 Å². The second kappa shape index (κ2) is 7.69. The fourth-order valence-electron chi connectivity index (χ4n) is 3.43. The molecule has 0 aliphatic heterocycles. The van der Waals surface area contributed by atoms with Crippen LogP contribution in [0, 0.1) is 0 Å². The molecule has 0 atom stereocenters. The molecule has 0 amide bonds. The van der Waals surface area contributed by atoms with Crippen molar-refractivity contribution in [3.8, 4) is 5.69 Å². The lowest BCUT2D eigenvalue weighted by Crippen LogP contribution is -2.27. The Bertz CT molecular complexity index is 1290. The fraction of sp³-hybridized carbons (Fsp3) is 0.190. The topological polar surface area (TPSA) is 75.9 Å². The summed E-state index contributed by atoms with van der Waals surface area (Å²) < 4.78 is 2.90. The van der Waals surface area contributed by atoms with E-state index in [9.17, 15) is 9.59 Å². The molecule has 8 heteroatoms. The molecule has 148 valence electrons. The number of benzene rings is 1. The summed E-state index contributed by atoms with van der Waals surface area (Å²) in [5.41, 5.74) is 2.14. The number of pyridine rings is 2. The van der Waals surface area contributed by atoms with Crippen LogP contribution in [0.1, 0.15) is 11.4 Å². The zero-order valence-corrected chi connectivity index (χ0v) is 16.8. The molecule has 4 aromatic rings. The van der Waals surface area contributed by atoms with E-state index in [-0.39, 0.29) is 11.1 Å². The average Bonchev–Trinajstić information content (AvgIpc) is 3.02. The highest BCUT2D eigenvalue weighted by molar-refractivity contribution is 6.32. The van der Waals surface area contributed by atoms with Gasteiger partial charge in [-0.15, -0.1) is 0 Å². The van der Waals surface area contributed by atoms with Gasteiger partial charge in [0.25, 0.3) is 11.1 Å². The van der Waals surface area contributed by atoms with Crippen LogP contribution in [-0.4, -0.2) is 31.3 Å². The normalized spacial score (nSPS) is 11.4. The molecule has 0 saturated carbocycles. The van der Waals surface area contributed by atoms with E-state index in [0.29, 0.717) is 40.4 Å². The minimum Gasteiger partial charge on any atom is -0.313 e. The van der Waals surface area contributed by atoms with Crippen LogP contribution in [-0.2, 0) is 20.1 Å². The quantitative estimate of drug-likeness (QED) is 0.550. The Morgan fingerprint density at radius 2 is 1.86 bits per heavy atom. The molecule has 1 N–H and O–H groups in total. The second-order valence-corrected chi connectivity index (χ2v) is 7.38. The number of hydrogen-bond acceptors (Lipinski definition) is 4. The summed E-state index contributed by atoms with van der Waals surface area (Å²) in [6.45, 7) is 1.00. The molecule has 0 unspecified atom stereocenters. The molecular weight excluding hydrogens is 390 g/mol. The van der Waals surface area contributed by atoms with Gasteiger partial charge in [0.15, 0.2) is 0 Å². The van der Waals surface area contributed by atoms with Crippen LogP contribution in [0.3, 0.4) is 0 Å². The molecule has 0 bridgehead atoms. The summed E-state index contributed by atoms with van der Waals surface area (Å²) >= 11 is 6.27. The third-order valence-electron chi connectivity index (χ3n) is 4.88. The highest BCUT2D eigenvalue weighted by Gasteiger charge is 2.18. The van der Waals surface area contributed by atoms with Gasteiger partial charge >= 0.3 is 0 Å². The van der Waals surface area contributed by atoms with E-state index >= 15 is 0 Å². The minimum absolute atomic E-state index is 0.189. The van der Waals surface area contributed by atoms with E-state index in [1.54, 1.807) is 37.5 Å². The van der Waals surface area contributed by atoms with Crippen LogP contribution >= 0.6 is 11.6 Å². The van der Waals surface area contributed by atoms with Crippen molar-refractivity contribution in [1.29, 1.82) is 0 Å². The summed E-state index contributed by atoms with van der Waals surface area (Å²) in [6.07, 6.45) is 1.74. The van der Waals surface area contributed by atoms with Crippen molar-refractivity contribution in [1.82, 2.24) is 24.2 Å². The number of rotatable bonds is 5. The maximum atomic E-state index is 13.2. The minimum atomic E-state index is -0.245. The van der Waals surface area contributed by atoms with Crippen LogP contribution < -0.4 is 11.1 Å². The first-order valence-electron chi connectivity index (χ1n) is 9.12. The van der Waals surface area contributed by atoms with Gasteiger partial charge in [0.1, 0.15) is 0 Å². The third-order valence-corrected chi connectivity index (χ3v) is 5.20. The molecule has 4 rings (SSSR count). The first-order chi connectivity index (χ1) is 14.0. The standard InChI is InChI=1S/C21H20ClN5O2/c1-25(12-14-7-5-6-10-23-14)13-18-20-16(11-19(28)26(18)2)24-27(21(20)29)17-9-4-3-8-15(17)22/h3-11,24H,12-13H2,1-2H3. The number of aromatic nitrogens is 4. The number of fused-ring (bicyclic) bond motifs is 1. The lowest BCUT2D eigenvalue weighted by molar-refractivity contribution is 0.308. The SMILES string of the molecule is CN(Cc1ccccn1)Cc1c2c(=O)n(-c3ccccc3Cl)[nH]c2cc(=O)n1C. The maximum Gasteiger partial charge on any atom is 0.280 e. The lowest BCUT2D eigenvalue weighted by Gasteiger charge is -2.18. The third kappa shape index (κ3) is 3.62. The lowest BCUT2D eigenvalue weighted by atomic mass is 10.2. The molecule has 0 saturated heterocycles. The van der Waals surface area contributed by atoms with E-state index in [0.717, 1.165) is 5.69 Å². The number of halogens is 1. The van der Waals surface area contributed by atoms with Gasteiger partial charge in [-0.05, 0) is 31.3 Å². The van der Waals surface area contributed by atoms with Crippen LogP contribution in [0.5, 0.6) is 0 Å². The van der Waals surface area contributed by atoms with Crippen LogP contribution in [0.4, 0.5) is 0 Å². The molecule has 0 aliphatic carbocycles. The van der Waals surface area contributed by atoms with Crippen molar-refractivity contribution in [3.63, 3.8) is 0 Å². The monoisotopic (exact) mass is 409 g/mol. The van der Waals surface area contributed by atoms with Gasteiger partial charge in [-0.2, -0.15) is 0 Å². The number of para-hydroxylation sites is 1. The zero-order chi connectivity index (χ0) is 20.5. The van der Waals surface area contributed by atoms with Crippen molar-refractivity contribution in [2.45, 2.75) is 13.1 Å². The van der Waals surface area contributed by atoms with Gasteiger partial charge in [0.05, 0.1) is 27.3 Å². The molecule has 1 aromatic carbocycles. The van der Waals surface area contributed by atoms with Crippen molar-refractivity contribution in [2.75, 3.05) is 7.05 Å². The summed E-state index contributed by atoms with van der Waals surface area (Å²) in [6, 6.07) is 14.3. The zero-order valence-electron chi connectivity index (χ0n) is 16.1. The number of hydrogen-bond donors (Lipinski definition) is 1. The van der Waals surface area contributed by atoms with Crippen molar-refractivity contribution in [3.05, 3.63) is 91.8 Å². The Morgan fingerprint density at radius 3 is 2.59 bits per heavy atom. The Kier molecular flexibility index (Phi) is 5.08. The van der Waals surface area contributed by atoms with Crippen molar-refractivity contribution in [2.24, 2.45) is 7.05 Å². The molecular formula is C21H20ClN5O2. The molecule has 7 nitrogen and oxygen atoms in total. The fourth-order valence-corrected chi connectivity index (χ4v) is 3.65. The molecule has 29 heavy (non-hydrogen) atoms. The number of nitrogens with zero attached hydrogens (tertiary/aromatic N) is 4. The van der Waals surface area contributed by atoms with E-state index < -0.39 is 0 Å². The van der Waals surface area contributed by atoms with Gasteiger partial charge in [0, 0.05) is 38.1 Å². The van der Waals surface area contributed by atoms with E-state index in [2.05, 4.69) is 10.1 Å². The van der Waals surface area contributed by atoms with Crippen LogP contribution in [0.2, 0.25) is 5.02 Å². The largest absolute Gasteiger partial charge is 0.313 e. The average molecular weight is 410 g/mol. The number of nitrogens with one attached hydrogen (secondary N) is 1. The Morgan fingerprint density at radius 1 is 1.10 bits per heavy atom. The number of H-pyrrole nitrogens is 1. The molecule has 0 radical (unpaired) electrons. The molecule has 0 fully saturated rings.